The summed E-state index contributed by atoms with van der Waals surface area (Å²) in [4.78, 5) is 18.5. The molecule has 1 saturated heterocycles. The molecule has 6 nitrogen and oxygen atoms in total. The van der Waals surface area contributed by atoms with Crippen molar-refractivity contribution in [2.45, 2.75) is 32.6 Å². The Kier molecular flexibility index (Phi) is 4.00. The van der Waals surface area contributed by atoms with Crippen molar-refractivity contribution >= 4 is 5.91 Å². The molecule has 118 valence electrons. The number of amides is 1. The van der Waals surface area contributed by atoms with E-state index in [4.69, 9.17) is 4.52 Å². The van der Waals surface area contributed by atoms with Crippen LogP contribution in [0.1, 0.15) is 38.5 Å². The molecule has 0 bridgehead atoms. The molecule has 0 atom stereocenters. The van der Waals surface area contributed by atoms with E-state index in [0.29, 0.717) is 11.7 Å². The zero-order valence-corrected chi connectivity index (χ0v) is 13.3. The molecule has 0 saturated carbocycles. The second-order valence-electron chi connectivity index (χ2n) is 6.21. The SMILES string of the molecule is CC(C)C(=O)N1CCC(c2nc(-c3cccn3C)no2)CC1. The highest BCUT2D eigenvalue weighted by Gasteiger charge is 2.28. The number of hydrogen-bond acceptors (Lipinski definition) is 4. The molecule has 3 rings (SSSR count). The number of nitrogens with zero attached hydrogens (tertiary/aromatic N) is 4. The standard InChI is InChI=1S/C16H22N4O2/c1-11(2)16(21)20-9-6-12(7-10-20)15-17-14(18-22-15)13-5-4-8-19(13)3/h4-5,8,11-12H,6-7,9-10H2,1-3H3. The Hall–Kier alpha value is -2.11. The van der Waals surface area contributed by atoms with Crippen molar-refractivity contribution in [3.05, 3.63) is 24.2 Å². The lowest BCUT2D eigenvalue weighted by molar-refractivity contribution is -0.135. The van der Waals surface area contributed by atoms with Crippen molar-refractivity contribution in [2.75, 3.05) is 13.1 Å². The monoisotopic (exact) mass is 302 g/mol. The minimum Gasteiger partial charge on any atom is -0.348 e. The molecule has 3 heterocycles. The summed E-state index contributed by atoms with van der Waals surface area (Å²) in [5, 5.41) is 4.09. The second-order valence-corrected chi connectivity index (χ2v) is 6.21. The van der Waals surface area contributed by atoms with E-state index in [1.807, 2.05) is 48.7 Å². The van der Waals surface area contributed by atoms with Crippen molar-refractivity contribution in [2.24, 2.45) is 13.0 Å². The van der Waals surface area contributed by atoms with E-state index in [0.717, 1.165) is 31.6 Å². The van der Waals surface area contributed by atoms with E-state index in [9.17, 15) is 4.79 Å². The van der Waals surface area contributed by atoms with Gasteiger partial charge in [0.05, 0.1) is 5.69 Å². The summed E-state index contributed by atoms with van der Waals surface area (Å²) in [6, 6.07) is 3.93. The smallest absolute Gasteiger partial charge is 0.230 e. The van der Waals surface area contributed by atoms with Gasteiger partial charge in [-0.3, -0.25) is 4.79 Å². The zero-order valence-electron chi connectivity index (χ0n) is 13.3. The van der Waals surface area contributed by atoms with Gasteiger partial charge in [-0.2, -0.15) is 4.98 Å². The van der Waals surface area contributed by atoms with Crippen molar-refractivity contribution in [1.29, 1.82) is 0 Å². The van der Waals surface area contributed by atoms with Crippen LogP contribution in [-0.4, -0.2) is 38.6 Å². The predicted molar refractivity (Wildman–Crippen MR) is 82.1 cm³/mol. The highest BCUT2D eigenvalue weighted by atomic mass is 16.5. The Labute approximate surface area is 130 Å². The van der Waals surface area contributed by atoms with Gasteiger partial charge >= 0.3 is 0 Å². The van der Waals surface area contributed by atoms with Crippen LogP contribution < -0.4 is 0 Å². The van der Waals surface area contributed by atoms with Gasteiger partial charge < -0.3 is 14.0 Å². The average molecular weight is 302 g/mol. The largest absolute Gasteiger partial charge is 0.348 e. The van der Waals surface area contributed by atoms with Crippen LogP contribution in [0.2, 0.25) is 0 Å². The molecule has 1 aliphatic heterocycles. The first kappa shape index (κ1) is 14.8. The van der Waals surface area contributed by atoms with E-state index >= 15 is 0 Å². The lowest BCUT2D eigenvalue weighted by Gasteiger charge is -2.31. The van der Waals surface area contributed by atoms with E-state index in [1.54, 1.807) is 0 Å². The Morgan fingerprint density at radius 3 is 2.68 bits per heavy atom. The van der Waals surface area contributed by atoms with Crippen LogP contribution in [0, 0.1) is 5.92 Å². The van der Waals surface area contributed by atoms with E-state index in [2.05, 4.69) is 10.1 Å². The van der Waals surface area contributed by atoms with Gasteiger partial charge in [-0.25, -0.2) is 0 Å². The molecule has 1 aliphatic rings. The van der Waals surface area contributed by atoms with Gasteiger partial charge in [0.15, 0.2) is 0 Å². The molecule has 0 aromatic carbocycles. The van der Waals surface area contributed by atoms with Crippen molar-refractivity contribution in [3.63, 3.8) is 0 Å². The van der Waals surface area contributed by atoms with E-state index in [-0.39, 0.29) is 17.7 Å². The summed E-state index contributed by atoms with van der Waals surface area (Å²) in [5.41, 5.74) is 0.947. The predicted octanol–water partition coefficient (Wildman–Crippen LogP) is 2.44. The molecule has 2 aromatic rings. The number of piperidine rings is 1. The number of likely N-dealkylation sites (tertiary alicyclic amines) is 1. The van der Waals surface area contributed by atoms with Gasteiger partial charge in [-0.15, -0.1) is 0 Å². The molecule has 0 radical (unpaired) electrons. The molecular weight excluding hydrogens is 280 g/mol. The number of aromatic nitrogens is 3. The van der Waals surface area contributed by atoms with Crippen LogP contribution in [0.3, 0.4) is 0 Å². The topological polar surface area (TPSA) is 64.2 Å². The molecule has 0 unspecified atom stereocenters. The van der Waals surface area contributed by atoms with Crippen LogP contribution in [0.4, 0.5) is 0 Å². The van der Waals surface area contributed by atoms with Crippen molar-refractivity contribution < 1.29 is 9.32 Å². The maximum Gasteiger partial charge on any atom is 0.230 e. The third-order valence-corrected chi connectivity index (χ3v) is 4.26. The Morgan fingerprint density at radius 2 is 2.09 bits per heavy atom. The molecule has 0 N–H and O–H groups in total. The Bertz CT molecular complexity index is 651. The second kappa shape index (κ2) is 5.94. The lowest BCUT2D eigenvalue weighted by Crippen LogP contribution is -2.40. The molecule has 1 amide bonds. The Morgan fingerprint density at radius 1 is 1.36 bits per heavy atom. The van der Waals surface area contributed by atoms with Gasteiger partial charge in [0.2, 0.25) is 17.6 Å². The minimum atomic E-state index is 0.0592. The first-order valence-corrected chi connectivity index (χ1v) is 7.80. The van der Waals surface area contributed by atoms with Gasteiger partial charge in [-0.1, -0.05) is 19.0 Å². The first-order valence-electron chi connectivity index (χ1n) is 7.80. The highest BCUT2D eigenvalue weighted by molar-refractivity contribution is 5.78. The summed E-state index contributed by atoms with van der Waals surface area (Å²) < 4.78 is 7.42. The van der Waals surface area contributed by atoms with Gasteiger partial charge in [0, 0.05) is 38.2 Å². The summed E-state index contributed by atoms with van der Waals surface area (Å²) in [5.74, 6) is 1.85. The van der Waals surface area contributed by atoms with Crippen molar-refractivity contribution in [3.8, 4) is 11.5 Å². The quantitative estimate of drug-likeness (QED) is 0.873. The summed E-state index contributed by atoms with van der Waals surface area (Å²) in [7, 11) is 1.96. The summed E-state index contributed by atoms with van der Waals surface area (Å²) in [6.07, 6.45) is 3.72. The molecular formula is C16H22N4O2. The number of carbonyl (C=O) groups is 1. The Balaban J connectivity index is 1.66. The van der Waals surface area contributed by atoms with Gasteiger partial charge in [-0.05, 0) is 25.0 Å². The zero-order chi connectivity index (χ0) is 15.7. The number of rotatable bonds is 3. The maximum absolute atomic E-state index is 12.0. The average Bonchev–Trinajstić information content (AvgIpc) is 3.15. The highest BCUT2D eigenvalue weighted by Crippen LogP contribution is 2.29. The van der Waals surface area contributed by atoms with Crippen molar-refractivity contribution in [1.82, 2.24) is 19.6 Å². The molecule has 0 spiro atoms. The third-order valence-electron chi connectivity index (χ3n) is 4.26. The minimum absolute atomic E-state index is 0.0592. The molecule has 6 heteroatoms. The fourth-order valence-corrected chi connectivity index (χ4v) is 2.91. The van der Waals surface area contributed by atoms with E-state index < -0.39 is 0 Å². The normalized spacial score (nSPS) is 16.5. The lowest BCUT2D eigenvalue weighted by atomic mass is 9.96. The van der Waals surface area contributed by atoms with Crippen LogP contribution in [0.25, 0.3) is 11.5 Å². The summed E-state index contributed by atoms with van der Waals surface area (Å²) in [6.45, 7) is 5.42. The molecule has 1 fully saturated rings. The number of carbonyl (C=O) groups excluding carboxylic acids is 1. The van der Waals surface area contributed by atoms with Crippen LogP contribution in [0.5, 0.6) is 0 Å². The van der Waals surface area contributed by atoms with Gasteiger partial charge in [0.25, 0.3) is 0 Å². The molecule has 2 aromatic heterocycles. The maximum atomic E-state index is 12.0. The molecule has 22 heavy (non-hydrogen) atoms. The van der Waals surface area contributed by atoms with Crippen LogP contribution >= 0.6 is 0 Å². The summed E-state index contributed by atoms with van der Waals surface area (Å²) >= 11 is 0. The number of aryl methyl sites for hydroxylation is 1. The van der Waals surface area contributed by atoms with Crippen LogP contribution in [-0.2, 0) is 11.8 Å². The fourth-order valence-electron chi connectivity index (χ4n) is 2.91. The first-order chi connectivity index (χ1) is 10.6. The third kappa shape index (κ3) is 2.77. The van der Waals surface area contributed by atoms with Crippen LogP contribution in [0.15, 0.2) is 22.9 Å². The van der Waals surface area contributed by atoms with Gasteiger partial charge in [0.1, 0.15) is 0 Å². The van der Waals surface area contributed by atoms with E-state index in [1.165, 1.54) is 0 Å². The number of hydrogen-bond donors (Lipinski definition) is 0. The fraction of sp³-hybridized carbons (Fsp3) is 0.562. The molecule has 0 aliphatic carbocycles.